The number of rotatable bonds is 5. The van der Waals surface area contributed by atoms with E-state index in [4.69, 9.17) is 4.52 Å². The monoisotopic (exact) mass is 222 g/mol. The first-order chi connectivity index (χ1) is 7.85. The molecule has 1 heterocycles. The number of aromatic nitrogens is 1. The van der Waals surface area contributed by atoms with Crippen LogP contribution in [0.2, 0.25) is 0 Å². The molecule has 3 nitrogen and oxygen atoms in total. The summed E-state index contributed by atoms with van der Waals surface area (Å²) in [4.78, 5) is 0. The molecular formula is C13H22N2O. The standard InChI is InChI=1S/C13H22N2O/c1-3-7-14-9-12-11-8-10(4-2)5-6-13(11)16-15-12/h10,14H,3-9H2,1-2H3. The zero-order valence-corrected chi connectivity index (χ0v) is 10.4. The molecular weight excluding hydrogens is 200 g/mol. The van der Waals surface area contributed by atoms with E-state index in [0.29, 0.717) is 0 Å². The summed E-state index contributed by atoms with van der Waals surface area (Å²) in [5, 5.41) is 7.60. The van der Waals surface area contributed by atoms with Crippen LogP contribution < -0.4 is 5.32 Å². The van der Waals surface area contributed by atoms with E-state index in [0.717, 1.165) is 43.3 Å². The zero-order chi connectivity index (χ0) is 11.4. The molecule has 1 N–H and O–H groups in total. The molecule has 16 heavy (non-hydrogen) atoms. The molecule has 0 saturated heterocycles. The lowest BCUT2D eigenvalue weighted by molar-refractivity contribution is 0.343. The van der Waals surface area contributed by atoms with Crippen LogP contribution in [-0.4, -0.2) is 11.7 Å². The summed E-state index contributed by atoms with van der Waals surface area (Å²) in [5.74, 6) is 1.97. The Bertz CT molecular complexity index is 333. The SMILES string of the molecule is CCCNCc1noc2c1CC(CC)CC2. The Labute approximate surface area is 97.6 Å². The van der Waals surface area contributed by atoms with Gasteiger partial charge in [-0.2, -0.15) is 0 Å². The minimum Gasteiger partial charge on any atom is -0.361 e. The summed E-state index contributed by atoms with van der Waals surface area (Å²) < 4.78 is 5.42. The second-order valence-electron chi connectivity index (χ2n) is 4.72. The number of fused-ring (bicyclic) bond motifs is 1. The highest BCUT2D eigenvalue weighted by Gasteiger charge is 2.24. The van der Waals surface area contributed by atoms with Gasteiger partial charge in [-0.1, -0.05) is 25.4 Å². The molecule has 1 atom stereocenters. The van der Waals surface area contributed by atoms with Crippen LogP contribution in [0.25, 0.3) is 0 Å². The van der Waals surface area contributed by atoms with E-state index in [1.165, 1.54) is 24.8 Å². The van der Waals surface area contributed by atoms with Crippen LogP contribution in [0.4, 0.5) is 0 Å². The van der Waals surface area contributed by atoms with E-state index in [-0.39, 0.29) is 0 Å². The Kier molecular flexibility index (Phi) is 3.99. The molecule has 1 aromatic rings. The van der Waals surface area contributed by atoms with Crippen molar-refractivity contribution in [3.05, 3.63) is 17.0 Å². The van der Waals surface area contributed by atoms with E-state index in [2.05, 4.69) is 24.3 Å². The molecule has 0 spiro atoms. The molecule has 1 aliphatic rings. The van der Waals surface area contributed by atoms with Crippen molar-refractivity contribution in [2.24, 2.45) is 5.92 Å². The van der Waals surface area contributed by atoms with Crippen molar-refractivity contribution in [2.45, 2.75) is 52.5 Å². The van der Waals surface area contributed by atoms with Gasteiger partial charge in [0.25, 0.3) is 0 Å². The van der Waals surface area contributed by atoms with Gasteiger partial charge < -0.3 is 9.84 Å². The first-order valence-electron chi connectivity index (χ1n) is 6.52. The summed E-state index contributed by atoms with van der Waals surface area (Å²) in [7, 11) is 0. The van der Waals surface area contributed by atoms with Gasteiger partial charge in [-0.3, -0.25) is 0 Å². The van der Waals surface area contributed by atoms with E-state index in [1.807, 2.05) is 0 Å². The average Bonchev–Trinajstić information content (AvgIpc) is 2.72. The zero-order valence-electron chi connectivity index (χ0n) is 10.4. The largest absolute Gasteiger partial charge is 0.361 e. The summed E-state index contributed by atoms with van der Waals surface area (Å²) in [6.07, 6.45) is 5.94. The Morgan fingerprint density at radius 1 is 1.44 bits per heavy atom. The molecule has 0 fully saturated rings. The number of aryl methyl sites for hydroxylation is 1. The third-order valence-electron chi connectivity index (χ3n) is 3.52. The van der Waals surface area contributed by atoms with Crippen LogP contribution in [-0.2, 0) is 19.4 Å². The van der Waals surface area contributed by atoms with E-state index in [9.17, 15) is 0 Å². The highest BCUT2D eigenvalue weighted by molar-refractivity contribution is 5.26. The molecule has 0 bridgehead atoms. The minimum absolute atomic E-state index is 0.830. The predicted molar refractivity (Wildman–Crippen MR) is 64.3 cm³/mol. The normalized spacial score (nSPS) is 19.8. The van der Waals surface area contributed by atoms with Crippen molar-refractivity contribution in [3.63, 3.8) is 0 Å². The van der Waals surface area contributed by atoms with Crippen molar-refractivity contribution in [1.82, 2.24) is 10.5 Å². The van der Waals surface area contributed by atoms with Gasteiger partial charge in [0, 0.05) is 18.5 Å². The van der Waals surface area contributed by atoms with E-state index in [1.54, 1.807) is 0 Å². The molecule has 1 aromatic heterocycles. The molecule has 90 valence electrons. The van der Waals surface area contributed by atoms with Crippen LogP contribution in [0.3, 0.4) is 0 Å². The molecule has 1 unspecified atom stereocenters. The first kappa shape index (κ1) is 11.6. The molecule has 1 aliphatic carbocycles. The van der Waals surface area contributed by atoms with Crippen molar-refractivity contribution in [2.75, 3.05) is 6.54 Å². The van der Waals surface area contributed by atoms with Crippen LogP contribution in [0.1, 0.15) is 50.1 Å². The lowest BCUT2D eigenvalue weighted by Crippen LogP contribution is -2.18. The predicted octanol–water partition coefficient (Wildman–Crippen LogP) is 2.69. The quantitative estimate of drug-likeness (QED) is 0.778. The lowest BCUT2D eigenvalue weighted by atomic mass is 9.85. The second kappa shape index (κ2) is 5.48. The number of nitrogens with zero attached hydrogens (tertiary/aromatic N) is 1. The van der Waals surface area contributed by atoms with Gasteiger partial charge in [0.2, 0.25) is 0 Å². The van der Waals surface area contributed by atoms with Crippen molar-refractivity contribution in [3.8, 4) is 0 Å². The third kappa shape index (κ3) is 2.46. The molecule has 0 aromatic carbocycles. The van der Waals surface area contributed by atoms with Gasteiger partial charge in [-0.05, 0) is 31.7 Å². The second-order valence-corrected chi connectivity index (χ2v) is 4.72. The molecule has 2 rings (SSSR count). The van der Waals surface area contributed by atoms with E-state index >= 15 is 0 Å². The maximum Gasteiger partial charge on any atom is 0.140 e. The van der Waals surface area contributed by atoms with Gasteiger partial charge in [0.15, 0.2) is 0 Å². The lowest BCUT2D eigenvalue weighted by Gasteiger charge is -2.19. The number of nitrogens with one attached hydrogen (secondary N) is 1. The number of hydrogen-bond donors (Lipinski definition) is 1. The van der Waals surface area contributed by atoms with Crippen LogP contribution >= 0.6 is 0 Å². The Hall–Kier alpha value is -0.830. The third-order valence-corrected chi connectivity index (χ3v) is 3.52. The van der Waals surface area contributed by atoms with Crippen LogP contribution in [0.15, 0.2) is 4.52 Å². The summed E-state index contributed by atoms with van der Waals surface area (Å²) in [6.45, 7) is 6.37. The first-order valence-corrected chi connectivity index (χ1v) is 6.52. The highest BCUT2D eigenvalue weighted by atomic mass is 16.5. The van der Waals surface area contributed by atoms with E-state index < -0.39 is 0 Å². The van der Waals surface area contributed by atoms with Crippen molar-refractivity contribution in [1.29, 1.82) is 0 Å². The summed E-state index contributed by atoms with van der Waals surface area (Å²) in [5.41, 5.74) is 2.53. The van der Waals surface area contributed by atoms with Crippen LogP contribution in [0.5, 0.6) is 0 Å². The van der Waals surface area contributed by atoms with Crippen molar-refractivity contribution < 1.29 is 4.52 Å². The molecule has 0 saturated carbocycles. The summed E-state index contributed by atoms with van der Waals surface area (Å²) >= 11 is 0. The maximum atomic E-state index is 5.42. The van der Waals surface area contributed by atoms with Gasteiger partial charge in [-0.25, -0.2) is 0 Å². The number of hydrogen-bond acceptors (Lipinski definition) is 3. The highest BCUT2D eigenvalue weighted by Crippen LogP contribution is 2.29. The Balaban J connectivity index is 2.01. The smallest absolute Gasteiger partial charge is 0.140 e. The minimum atomic E-state index is 0.830. The van der Waals surface area contributed by atoms with Gasteiger partial charge in [0.05, 0.1) is 0 Å². The fraction of sp³-hybridized carbons (Fsp3) is 0.769. The van der Waals surface area contributed by atoms with Gasteiger partial charge in [-0.15, -0.1) is 0 Å². The van der Waals surface area contributed by atoms with Gasteiger partial charge >= 0.3 is 0 Å². The fourth-order valence-corrected chi connectivity index (χ4v) is 2.41. The van der Waals surface area contributed by atoms with Crippen molar-refractivity contribution >= 4 is 0 Å². The molecule has 0 radical (unpaired) electrons. The summed E-state index contributed by atoms with van der Waals surface area (Å²) in [6, 6.07) is 0. The molecule has 0 aliphatic heterocycles. The average molecular weight is 222 g/mol. The Morgan fingerprint density at radius 3 is 3.06 bits per heavy atom. The Morgan fingerprint density at radius 2 is 2.31 bits per heavy atom. The topological polar surface area (TPSA) is 38.1 Å². The maximum absolute atomic E-state index is 5.42. The van der Waals surface area contributed by atoms with Gasteiger partial charge in [0.1, 0.15) is 11.5 Å². The molecule has 0 amide bonds. The fourth-order valence-electron chi connectivity index (χ4n) is 2.41. The molecule has 3 heteroatoms. The van der Waals surface area contributed by atoms with Crippen LogP contribution in [0, 0.1) is 5.92 Å².